The number of hydrogen-bond donors (Lipinski definition) is 3. The number of rotatable bonds is 11. The average molecular weight is 519 g/mol. The van der Waals surface area contributed by atoms with Crippen LogP contribution in [0.25, 0.3) is 11.3 Å². The predicted octanol–water partition coefficient (Wildman–Crippen LogP) is 4.74. The second-order valence-electron chi connectivity index (χ2n) is 10.3. The summed E-state index contributed by atoms with van der Waals surface area (Å²) in [7, 11) is 3.67. The first kappa shape index (κ1) is 27.2. The molecule has 2 aliphatic heterocycles. The number of benzene rings is 2. The topological polar surface area (TPSA) is 117 Å². The van der Waals surface area contributed by atoms with Crippen LogP contribution in [-0.4, -0.2) is 48.5 Å². The van der Waals surface area contributed by atoms with Crippen LogP contribution in [0.4, 0.5) is 5.69 Å². The molecule has 202 valence electrons. The number of carboxylic acid groups (broad SMARTS) is 1. The van der Waals surface area contributed by atoms with Gasteiger partial charge in [-0.05, 0) is 49.7 Å². The highest BCUT2D eigenvalue weighted by atomic mass is 16.5. The maximum atomic E-state index is 12.7. The van der Waals surface area contributed by atoms with E-state index in [-0.39, 0.29) is 17.7 Å². The Hall–Kier alpha value is -3.81. The summed E-state index contributed by atoms with van der Waals surface area (Å²) in [5.74, 6) is -0.0141. The molecule has 2 aromatic carbocycles. The highest BCUT2D eigenvalue weighted by molar-refractivity contribution is 6.36. The molecule has 0 bridgehead atoms. The summed E-state index contributed by atoms with van der Waals surface area (Å²) < 4.78 is 6.02. The zero-order chi connectivity index (χ0) is 27.2. The number of fused-ring (bicyclic) bond motifs is 2. The third-order valence-electron chi connectivity index (χ3n) is 7.54. The van der Waals surface area contributed by atoms with Gasteiger partial charge in [-0.2, -0.15) is 0 Å². The van der Waals surface area contributed by atoms with Gasteiger partial charge in [-0.15, -0.1) is 0 Å². The van der Waals surface area contributed by atoms with Crippen molar-refractivity contribution in [2.75, 3.05) is 26.0 Å². The van der Waals surface area contributed by atoms with E-state index in [1.54, 1.807) is 4.90 Å². The van der Waals surface area contributed by atoms with Gasteiger partial charge in [0.15, 0.2) is 5.96 Å². The SMILES string of the molecule is CCC(CCCc1ccc2c(c1)COC2=C1C(=O)Nc2ccccc21)C(CCCN=C(N)N(C)C)C(=O)O. The molecule has 0 aliphatic carbocycles. The van der Waals surface area contributed by atoms with Crippen molar-refractivity contribution < 1.29 is 19.4 Å². The molecule has 4 rings (SSSR count). The lowest BCUT2D eigenvalue weighted by atomic mass is 9.82. The van der Waals surface area contributed by atoms with E-state index in [4.69, 9.17) is 10.5 Å². The summed E-state index contributed by atoms with van der Waals surface area (Å²) in [6.45, 7) is 3.05. The second-order valence-corrected chi connectivity index (χ2v) is 10.3. The quantitative estimate of drug-likeness (QED) is 0.171. The number of amides is 1. The Morgan fingerprint density at radius 3 is 2.68 bits per heavy atom. The van der Waals surface area contributed by atoms with Crippen LogP contribution in [0.5, 0.6) is 0 Å². The Bertz CT molecular complexity index is 1250. The first-order valence-corrected chi connectivity index (χ1v) is 13.4. The van der Waals surface area contributed by atoms with E-state index < -0.39 is 5.97 Å². The van der Waals surface area contributed by atoms with Crippen LogP contribution in [0.2, 0.25) is 0 Å². The van der Waals surface area contributed by atoms with Gasteiger partial charge in [-0.3, -0.25) is 14.6 Å². The molecule has 2 heterocycles. The van der Waals surface area contributed by atoms with E-state index in [1.165, 1.54) is 5.56 Å². The first-order chi connectivity index (χ1) is 18.3. The minimum Gasteiger partial charge on any atom is -0.487 e. The van der Waals surface area contributed by atoms with Gasteiger partial charge in [0.25, 0.3) is 5.91 Å². The number of nitrogens with zero attached hydrogens (tertiary/aromatic N) is 2. The van der Waals surface area contributed by atoms with Crippen molar-refractivity contribution in [3.63, 3.8) is 0 Å². The van der Waals surface area contributed by atoms with Crippen LogP contribution in [0, 0.1) is 11.8 Å². The monoisotopic (exact) mass is 518 g/mol. The van der Waals surface area contributed by atoms with Crippen molar-refractivity contribution >= 4 is 34.9 Å². The number of para-hydroxylation sites is 1. The molecular formula is C30H38N4O4. The van der Waals surface area contributed by atoms with Crippen molar-refractivity contribution in [1.29, 1.82) is 0 Å². The highest BCUT2D eigenvalue weighted by Crippen LogP contribution is 2.41. The normalized spacial score (nSPS) is 17.9. The van der Waals surface area contributed by atoms with Gasteiger partial charge in [0.2, 0.25) is 0 Å². The van der Waals surface area contributed by atoms with Crippen LogP contribution in [-0.2, 0) is 27.4 Å². The summed E-state index contributed by atoms with van der Waals surface area (Å²) >= 11 is 0. The third kappa shape index (κ3) is 6.01. The fourth-order valence-electron chi connectivity index (χ4n) is 5.39. The molecular weight excluding hydrogens is 480 g/mol. The maximum absolute atomic E-state index is 12.7. The van der Waals surface area contributed by atoms with Crippen molar-refractivity contribution in [1.82, 2.24) is 4.90 Å². The molecule has 8 nitrogen and oxygen atoms in total. The van der Waals surface area contributed by atoms with E-state index >= 15 is 0 Å². The molecule has 0 saturated carbocycles. The first-order valence-electron chi connectivity index (χ1n) is 13.4. The molecule has 0 aromatic heterocycles. The number of nitrogens with one attached hydrogen (secondary N) is 1. The zero-order valence-corrected chi connectivity index (χ0v) is 22.5. The highest BCUT2D eigenvalue weighted by Gasteiger charge is 2.32. The van der Waals surface area contributed by atoms with Crippen molar-refractivity contribution in [3.8, 4) is 0 Å². The Kier molecular flexibility index (Phi) is 8.71. The molecule has 0 radical (unpaired) electrons. The number of nitrogens with two attached hydrogens (primary N) is 1. The van der Waals surface area contributed by atoms with Crippen LogP contribution in [0.1, 0.15) is 61.3 Å². The van der Waals surface area contributed by atoms with Gasteiger partial charge in [0.05, 0.1) is 11.5 Å². The van der Waals surface area contributed by atoms with Crippen LogP contribution in [0.3, 0.4) is 0 Å². The number of hydrogen-bond acceptors (Lipinski definition) is 4. The van der Waals surface area contributed by atoms with E-state index in [9.17, 15) is 14.7 Å². The number of aliphatic imine (C=N–C) groups is 1. The second kappa shape index (κ2) is 12.2. The number of anilines is 1. The summed E-state index contributed by atoms with van der Waals surface area (Å²) in [6.07, 6.45) is 4.77. The van der Waals surface area contributed by atoms with Gasteiger partial charge in [0, 0.05) is 43.0 Å². The molecule has 0 fully saturated rings. The average Bonchev–Trinajstić information content (AvgIpc) is 3.45. The number of guanidine groups is 1. The lowest BCUT2D eigenvalue weighted by Gasteiger charge is -2.23. The van der Waals surface area contributed by atoms with Gasteiger partial charge in [-0.25, -0.2) is 0 Å². The van der Waals surface area contributed by atoms with E-state index in [0.29, 0.717) is 43.3 Å². The lowest BCUT2D eigenvalue weighted by Crippen LogP contribution is -2.30. The van der Waals surface area contributed by atoms with Crippen LogP contribution in [0.15, 0.2) is 47.5 Å². The molecule has 38 heavy (non-hydrogen) atoms. The van der Waals surface area contributed by atoms with Gasteiger partial charge < -0.3 is 25.8 Å². The largest absolute Gasteiger partial charge is 0.487 e. The van der Waals surface area contributed by atoms with E-state index in [0.717, 1.165) is 48.1 Å². The number of carbonyl (C=O) groups is 2. The molecule has 2 aromatic rings. The standard InChI is InChI=1S/C30H38N4O4/c1-4-20(23(29(36)37)12-8-16-32-30(31)34(2)3)10-7-9-19-14-15-22-21(17-19)18-38-27(22)26-24-11-5-6-13-25(24)33-28(26)35/h5-6,11,13-15,17,20,23H,4,7-10,12,16,18H2,1-3H3,(H2,31,32)(H,33,35)(H,36,37). The molecule has 1 amide bonds. The molecule has 8 heteroatoms. The van der Waals surface area contributed by atoms with Crippen LogP contribution >= 0.6 is 0 Å². The fraction of sp³-hybridized carbons (Fsp3) is 0.433. The third-order valence-corrected chi connectivity index (χ3v) is 7.54. The number of ether oxygens (including phenoxy) is 1. The Balaban J connectivity index is 1.37. The van der Waals surface area contributed by atoms with Gasteiger partial charge >= 0.3 is 5.97 Å². The molecule has 2 unspecified atom stereocenters. The summed E-state index contributed by atoms with van der Waals surface area (Å²) in [4.78, 5) is 30.7. The Labute approximate surface area is 224 Å². The molecule has 4 N–H and O–H groups in total. The number of carboxylic acids is 1. The van der Waals surface area contributed by atoms with Gasteiger partial charge in [0.1, 0.15) is 12.4 Å². The number of aryl methyl sites for hydroxylation is 1. The summed E-state index contributed by atoms with van der Waals surface area (Å²) in [6, 6.07) is 14.0. The summed E-state index contributed by atoms with van der Waals surface area (Å²) in [5.41, 5.74) is 11.3. The molecule has 0 spiro atoms. The predicted molar refractivity (Wildman–Crippen MR) is 150 cm³/mol. The number of carbonyl (C=O) groups excluding carboxylic acids is 1. The van der Waals surface area contributed by atoms with Crippen molar-refractivity contribution in [2.45, 2.75) is 52.1 Å². The molecule has 2 atom stereocenters. The van der Waals surface area contributed by atoms with E-state index in [2.05, 4.69) is 29.4 Å². The van der Waals surface area contributed by atoms with Gasteiger partial charge in [-0.1, -0.05) is 49.7 Å². The fourth-order valence-corrected chi connectivity index (χ4v) is 5.39. The minimum atomic E-state index is -0.728. The lowest BCUT2D eigenvalue weighted by molar-refractivity contribution is -0.144. The van der Waals surface area contributed by atoms with Crippen molar-refractivity contribution in [2.24, 2.45) is 22.6 Å². The maximum Gasteiger partial charge on any atom is 0.306 e. The Morgan fingerprint density at radius 2 is 1.95 bits per heavy atom. The van der Waals surface area contributed by atoms with Crippen molar-refractivity contribution in [3.05, 3.63) is 64.7 Å². The smallest absolute Gasteiger partial charge is 0.306 e. The zero-order valence-electron chi connectivity index (χ0n) is 22.5. The minimum absolute atomic E-state index is 0.123. The molecule has 2 aliphatic rings. The Morgan fingerprint density at radius 1 is 1.16 bits per heavy atom. The number of aliphatic carboxylic acids is 1. The van der Waals surface area contributed by atoms with E-state index in [1.807, 2.05) is 44.4 Å². The summed E-state index contributed by atoms with van der Waals surface area (Å²) in [5, 5.41) is 12.8. The molecule has 0 saturated heterocycles. The van der Waals surface area contributed by atoms with Crippen LogP contribution < -0.4 is 11.1 Å².